The Hall–Kier alpha value is -1.35. The minimum Gasteiger partial charge on any atom is -0.349 e. The third kappa shape index (κ3) is 4.64. The Kier molecular flexibility index (Phi) is 6.06. The van der Waals surface area contributed by atoms with Gasteiger partial charge in [-0.1, -0.05) is 44.2 Å². The van der Waals surface area contributed by atoms with E-state index in [9.17, 15) is 4.79 Å². The molecule has 1 aromatic carbocycles. The van der Waals surface area contributed by atoms with Gasteiger partial charge in [-0.25, -0.2) is 0 Å². The fourth-order valence-corrected chi connectivity index (χ4v) is 2.86. The Balaban J connectivity index is 1.89. The van der Waals surface area contributed by atoms with Crippen molar-refractivity contribution in [1.29, 1.82) is 0 Å². The minimum atomic E-state index is 0.0647. The lowest BCUT2D eigenvalue weighted by Gasteiger charge is -2.21. The first-order valence-corrected chi connectivity index (χ1v) is 7.89. The molecule has 3 N–H and O–H groups in total. The molecular formula is C17H26N2O. The van der Waals surface area contributed by atoms with E-state index >= 15 is 0 Å². The highest BCUT2D eigenvalue weighted by molar-refractivity contribution is 5.94. The molecule has 0 bridgehead atoms. The molecule has 0 heterocycles. The molecular weight excluding hydrogens is 248 g/mol. The summed E-state index contributed by atoms with van der Waals surface area (Å²) in [7, 11) is 0. The van der Waals surface area contributed by atoms with E-state index in [0.717, 1.165) is 24.8 Å². The first-order valence-electron chi connectivity index (χ1n) is 7.89. The molecule has 20 heavy (non-hydrogen) atoms. The smallest absolute Gasteiger partial charge is 0.251 e. The van der Waals surface area contributed by atoms with Gasteiger partial charge in [0.2, 0.25) is 0 Å². The van der Waals surface area contributed by atoms with Gasteiger partial charge in [-0.3, -0.25) is 4.79 Å². The molecule has 1 aliphatic carbocycles. The monoisotopic (exact) mass is 274 g/mol. The van der Waals surface area contributed by atoms with Crippen molar-refractivity contribution < 1.29 is 4.79 Å². The molecule has 2 rings (SSSR count). The van der Waals surface area contributed by atoms with Crippen LogP contribution in [0.5, 0.6) is 0 Å². The minimum absolute atomic E-state index is 0.0647. The summed E-state index contributed by atoms with van der Waals surface area (Å²) in [5.74, 6) is 0.0647. The van der Waals surface area contributed by atoms with E-state index in [1.807, 2.05) is 24.3 Å². The largest absolute Gasteiger partial charge is 0.349 e. The van der Waals surface area contributed by atoms with Crippen LogP contribution in [0.2, 0.25) is 0 Å². The molecule has 0 spiro atoms. The van der Waals surface area contributed by atoms with Gasteiger partial charge >= 0.3 is 0 Å². The summed E-state index contributed by atoms with van der Waals surface area (Å²) in [5.41, 5.74) is 7.48. The topological polar surface area (TPSA) is 55.1 Å². The normalized spacial score (nSPS) is 17.2. The molecule has 0 atom stereocenters. The molecule has 1 aliphatic rings. The van der Waals surface area contributed by atoms with Crippen molar-refractivity contribution in [2.45, 2.75) is 57.4 Å². The van der Waals surface area contributed by atoms with Crippen molar-refractivity contribution in [3.63, 3.8) is 0 Å². The summed E-state index contributed by atoms with van der Waals surface area (Å²) in [4.78, 5) is 12.2. The van der Waals surface area contributed by atoms with Crippen LogP contribution in [0.1, 0.15) is 60.9 Å². The van der Waals surface area contributed by atoms with Gasteiger partial charge in [-0.05, 0) is 43.5 Å². The maximum absolute atomic E-state index is 12.2. The Morgan fingerprint density at radius 2 is 1.65 bits per heavy atom. The molecule has 1 aromatic rings. The van der Waals surface area contributed by atoms with Gasteiger partial charge in [0, 0.05) is 11.6 Å². The predicted octanol–water partition coefficient (Wildman–Crippen LogP) is 3.03. The lowest BCUT2D eigenvalue weighted by Crippen LogP contribution is -2.35. The third-order valence-electron chi connectivity index (χ3n) is 4.09. The summed E-state index contributed by atoms with van der Waals surface area (Å²) in [5, 5.41) is 3.19. The van der Waals surface area contributed by atoms with E-state index in [2.05, 4.69) is 5.32 Å². The Morgan fingerprint density at radius 1 is 1.05 bits per heavy atom. The van der Waals surface area contributed by atoms with Crippen LogP contribution in [0, 0.1) is 0 Å². The molecule has 110 valence electrons. The van der Waals surface area contributed by atoms with Crippen LogP contribution >= 0.6 is 0 Å². The summed E-state index contributed by atoms with van der Waals surface area (Å²) >= 11 is 0. The average Bonchev–Trinajstić information content (AvgIpc) is 2.43. The second-order valence-corrected chi connectivity index (χ2v) is 5.75. The van der Waals surface area contributed by atoms with Crippen molar-refractivity contribution >= 4 is 5.91 Å². The fraction of sp³-hybridized carbons (Fsp3) is 0.588. The first kappa shape index (κ1) is 15.0. The zero-order valence-electron chi connectivity index (χ0n) is 12.2. The van der Waals surface area contributed by atoms with Crippen LogP contribution in [0.15, 0.2) is 24.3 Å². The van der Waals surface area contributed by atoms with Gasteiger partial charge < -0.3 is 11.1 Å². The maximum atomic E-state index is 12.2. The van der Waals surface area contributed by atoms with Gasteiger partial charge in [-0.2, -0.15) is 0 Å². The van der Waals surface area contributed by atoms with E-state index in [1.165, 1.54) is 37.7 Å². The standard InChI is InChI=1S/C17H26N2O/c18-13-12-14-8-10-15(11-9-14)17(20)19-16-6-4-2-1-3-5-7-16/h8-11,16H,1-7,12-13,18H2,(H,19,20). The SMILES string of the molecule is NCCc1ccc(C(=O)NC2CCCCCCC2)cc1. The number of hydrogen-bond acceptors (Lipinski definition) is 2. The zero-order valence-corrected chi connectivity index (χ0v) is 12.2. The molecule has 1 amide bonds. The van der Waals surface area contributed by atoms with E-state index in [0.29, 0.717) is 12.6 Å². The third-order valence-corrected chi connectivity index (χ3v) is 4.09. The number of amides is 1. The number of carbonyl (C=O) groups excluding carboxylic acids is 1. The van der Waals surface area contributed by atoms with E-state index in [4.69, 9.17) is 5.73 Å². The predicted molar refractivity (Wildman–Crippen MR) is 82.8 cm³/mol. The lowest BCUT2D eigenvalue weighted by atomic mass is 9.96. The van der Waals surface area contributed by atoms with Crippen LogP contribution in [-0.4, -0.2) is 18.5 Å². The van der Waals surface area contributed by atoms with Crippen molar-refractivity contribution in [2.24, 2.45) is 5.73 Å². The van der Waals surface area contributed by atoms with Crippen LogP contribution in [0.3, 0.4) is 0 Å². The highest BCUT2D eigenvalue weighted by Gasteiger charge is 2.14. The van der Waals surface area contributed by atoms with Crippen molar-refractivity contribution in [2.75, 3.05) is 6.54 Å². The van der Waals surface area contributed by atoms with Crippen LogP contribution < -0.4 is 11.1 Å². The van der Waals surface area contributed by atoms with Gasteiger partial charge in [0.1, 0.15) is 0 Å². The number of nitrogens with two attached hydrogens (primary N) is 1. The quantitative estimate of drug-likeness (QED) is 0.886. The van der Waals surface area contributed by atoms with Crippen molar-refractivity contribution in [3.8, 4) is 0 Å². The second kappa shape index (κ2) is 8.05. The van der Waals surface area contributed by atoms with E-state index in [-0.39, 0.29) is 5.91 Å². The summed E-state index contributed by atoms with van der Waals surface area (Å²) in [6, 6.07) is 8.17. The molecule has 1 fully saturated rings. The Morgan fingerprint density at radius 3 is 2.25 bits per heavy atom. The van der Waals surface area contributed by atoms with E-state index < -0.39 is 0 Å². The van der Waals surface area contributed by atoms with E-state index in [1.54, 1.807) is 0 Å². The van der Waals surface area contributed by atoms with Crippen molar-refractivity contribution in [1.82, 2.24) is 5.32 Å². The van der Waals surface area contributed by atoms with Gasteiger partial charge in [0.25, 0.3) is 5.91 Å². The number of carbonyl (C=O) groups is 1. The summed E-state index contributed by atoms with van der Waals surface area (Å²) in [6.45, 7) is 0.646. The number of benzene rings is 1. The van der Waals surface area contributed by atoms with Gasteiger partial charge in [0.05, 0.1) is 0 Å². The number of rotatable bonds is 4. The summed E-state index contributed by atoms with van der Waals surface area (Å²) in [6.07, 6.45) is 9.54. The van der Waals surface area contributed by atoms with Gasteiger partial charge in [-0.15, -0.1) is 0 Å². The van der Waals surface area contributed by atoms with Gasteiger partial charge in [0.15, 0.2) is 0 Å². The molecule has 3 heteroatoms. The molecule has 0 unspecified atom stereocenters. The Labute approximate surface area is 121 Å². The number of hydrogen-bond donors (Lipinski definition) is 2. The Bertz CT molecular complexity index is 406. The molecule has 0 aliphatic heterocycles. The molecule has 1 saturated carbocycles. The first-order chi connectivity index (χ1) is 9.79. The van der Waals surface area contributed by atoms with Crippen LogP contribution in [0.25, 0.3) is 0 Å². The molecule has 0 radical (unpaired) electrons. The average molecular weight is 274 g/mol. The van der Waals surface area contributed by atoms with Crippen molar-refractivity contribution in [3.05, 3.63) is 35.4 Å². The van der Waals surface area contributed by atoms with Crippen LogP contribution in [0.4, 0.5) is 0 Å². The molecule has 0 aromatic heterocycles. The second-order valence-electron chi connectivity index (χ2n) is 5.75. The lowest BCUT2D eigenvalue weighted by molar-refractivity contribution is 0.0930. The fourth-order valence-electron chi connectivity index (χ4n) is 2.86. The number of nitrogens with one attached hydrogen (secondary N) is 1. The maximum Gasteiger partial charge on any atom is 0.251 e. The molecule has 3 nitrogen and oxygen atoms in total. The highest BCUT2D eigenvalue weighted by atomic mass is 16.1. The van der Waals surface area contributed by atoms with Crippen LogP contribution in [-0.2, 0) is 6.42 Å². The summed E-state index contributed by atoms with van der Waals surface area (Å²) < 4.78 is 0. The highest BCUT2D eigenvalue weighted by Crippen LogP contribution is 2.17. The molecule has 0 saturated heterocycles. The zero-order chi connectivity index (χ0) is 14.2.